The van der Waals surface area contributed by atoms with Gasteiger partial charge in [0.15, 0.2) is 23.9 Å². The lowest BCUT2D eigenvalue weighted by Crippen LogP contribution is -2.07. The summed E-state index contributed by atoms with van der Waals surface area (Å²) in [7, 11) is 1.45. The number of carbonyl (C=O) groups is 1. The van der Waals surface area contributed by atoms with Gasteiger partial charge in [-0.05, 0) is 35.2 Å². The van der Waals surface area contributed by atoms with E-state index in [1.54, 1.807) is 48.5 Å². The third kappa shape index (κ3) is 4.73. The van der Waals surface area contributed by atoms with Gasteiger partial charge in [-0.2, -0.15) is 14.0 Å². The number of benzene rings is 3. The van der Waals surface area contributed by atoms with Crippen molar-refractivity contribution in [1.82, 2.24) is 0 Å². The Morgan fingerprint density at radius 3 is 2.67 bits per heavy atom. The second-order valence-electron chi connectivity index (χ2n) is 6.10. The Hall–Kier alpha value is -3.92. The highest BCUT2D eigenvalue weighted by atomic mass is 19.3. The number of carbonyl (C=O) groups excluding carboxylic acids is 1. The van der Waals surface area contributed by atoms with Gasteiger partial charge in [-0.1, -0.05) is 42.5 Å². The van der Waals surface area contributed by atoms with Gasteiger partial charge in [-0.3, -0.25) is 4.79 Å². The van der Waals surface area contributed by atoms with Crippen molar-refractivity contribution >= 4 is 22.6 Å². The third-order valence-corrected chi connectivity index (χ3v) is 4.26. The molecule has 5 nitrogen and oxygen atoms in total. The summed E-state index contributed by atoms with van der Waals surface area (Å²) in [4.78, 5) is 12.7. The highest BCUT2D eigenvalue weighted by Gasteiger charge is 2.17. The largest absolute Gasteiger partial charge is 0.493 e. The fourth-order valence-corrected chi connectivity index (χ4v) is 2.93. The third-order valence-electron chi connectivity index (χ3n) is 4.26. The van der Waals surface area contributed by atoms with Gasteiger partial charge in [-0.25, -0.2) is 0 Å². The fraction of sp³-hybridized carbons (Fsp3) is 0.130. The Balaban J connectivity index is 1.91. The van der Waals surface area contributed by atoms with Crippen molar-refractivity contribution in [3.05, 3.63) is 71.8 Å². The van der Waals surface area contributed by atoms with E-state index in [4.69, 9.17) is 14.7 Å². The molecule has 0 aliphatic rings. The SMILES string of the molecule is COc1cc(/C=C/C(=O)c2ccc3ccccc3c2OC(F)F)ccc1OCC#N. The number of hydrogen-bond donors (Lipinski definition) is 0. The van der Waals surface area contributed by atoms with E-state index in [0.29, 0.717) is 27.8 Å². The average Bonchev–Trinajstić information content (AvgIpc) is 2.76. The smallest absolute Gasteiger partial charge is 0.387 e. The summed E-state index contributed by atoms with van der Waals surface area (Å²) in [5.41, 5.74) is 0.660. The summed E-state index contributed by atoms with van der Waals surface area (Å²) in [6.45, 7) is -3.18. The van der Waals surface area contributed by atoms with Gasteiger partial charge in [0.1, 0.15) is 11.8 Å². The molecule has 30 heavy (non-hydrogen) atoms. The first-order valence-electron chi connectivity index (χ1n) is 8.90. The first-order valence-corrected chi connectivity index (χ1v) is 8.90. The minimum absolute atomic E-state index is 0.0335. The molecule has 0 bridgehead atoms. The van der Waals surface area contributed by atoms with Crippen molar-refractivity contribution in [2.24, 2.45) is 0 Å². The van der Waals surface area contributed by atoms with Crippen molar-refractivity contribution in [1.29, 1.82) is 5.26 Å². The molecule has 0 spiro atoms. The van der Waals surface area contributed by atoms with Crippen LogP contribution in [0, 0.1) is 11.3 Å². The van der Waals surface area contributed by atoms with Gasteiger partial charge in [0.05, 0.1) is 12.7 Å². The van der Waals surface area contributed by atoms with Gasteiger partial charge < -0.3 is 14.2 Å². The first kappa shape index (κ1) is 20.8. The quantitative estimate of drug-likeness (QED) is 0.376. The molecule has 3 aromatic rings. The van der Waals surface area contributed by atoms with E-state index in [9.17, 15) is 13.6 Å². The van der Waals surface area contributed by atoms with Crippen molar-refractivity contribution < 1.29 is 27.8 Å². The number of ketones is 1. The van der Waals surface area contributed by atoms with Crippen LogP contribution in [0.15, 0.2) is 60.7 Å². The minimum atomic E-state index is -3.06. The Labute approximate surface area is 171 Å². The molecule has 0 fully saturated rings. The van der Waals surface area contributed by atoms with Crippen LogP contribution < -0.4 is 14.2 Å². The van der Waals surface area contributed by atoms with Gasteiger partial charge in [0.2, 0.25) is 0 Å². The van der Waals surface area contributed by atoms with Crippen molar-refractivity contribution in [3.63, 3.8) is 0 Å². The van der Waals surface area contributed by atoms with Crippen molar-refractivity contribution in [3.8, 4) is 23.3 Å². The maximum absolute atomic E-state index is 13.0. The number of hydrogen-bond acceptors (Lipinski definition) is 5. The normalized spacial score (nSPS) is 10.9. The Bertz CT molecular complexity index is 1140. The van der Waals surface area contributed by atoms with Crippen LogP contribution in [0.4, 0.5) is 8.78 Å². The Morgan fingerprint density at radius 2 is 1.93 bits per heavy atom. The van der Waals surface area contributed by atoms with Gasteiger partial charge >= 0.3 is 6.61 Å². The molecule has 0 radical (unpaired) electrons. The molecule has 0 N–H and O–H groups in total. The highest BCUT2D eigenvalue weighted by Crippen LogP contribution is 2.32. The van der Waals surface area contributed by atoms with Gasteiger partial charge in [0, 0.05) is 5.39 Å². The second kappa shape index (κ2) is 9.52. The summed E-state index contributed by atoms with van der Waals surface area (Å²) in [5.74, 6) is 0.146. The molecule has 3 aromatic carbocycles. The molecular weight excluding hydrogens is 392 g/mol. The lowest BCUT2D eigenvalue weighted by Gasteiger charge is -2.12. The van der Waals surface area contributed by atoms with E-state index >= 15 is 0 Å². The molecule has 0 saturated carbocycles. The first-order chi connectivity index (χ1) is 14.5. The summed E-state index contributed by atoms with van der Waals surface area (Å²) < 4.78 is 41.1. The average molecular weight is 409 g/mol. The molecule has 0 aliphatic carbocycles. The van der Waals surface area contributed by atoms with E-state index in [1.165, 1.54) is 25.3 Å². The van der Waals surface area contributed by atoms with E-state index < -0.39 is 12.4 Å². The molecule has 0 saturated heterocycles. The van der Waals surface area contributed by atoms with Crippen LogP contribution >= 0.6 is 0 Å². The molecule has 0 atom stereocenters. The highest BCUT2D eigenvalue weighted by molar-refractivity contribution is 6.12. The van der Waals surface area contributed by atoms with Crippen LogP contribution in [0.1, 0.15) is 15.9 Å². The van der Waals surface area contributed by atoms with Crippen molar-refractivity contribution in [2.45, 2.75) is 6.61 Å². The van der Waals surface area contributed by atoms with Crippen LogP contribution in [-0.4, -0.2) is 26.1 Å². The summed E-state index contributed by atoms with van der Waals surface area (Å²) in [6, 6.07) is 16.8. The summed E-state index contributed by atoms with van der Waals surface area (Å²) in [6.07, 6.45) is 2.80. The maximum Gasteiger partial charge on any atom is 0.387 e. The van der Waals surface area contributed by atoms with Crippen LogP contribution in [0.3, 0.4) is 0 Å². The summed E-state index contributed by atoms with van der Waals surface area (Å²) in [5, 5.41) is 9.74. The number of nitriles is 1. The van der Waals surface area contributed by atoms with Crippen LogP contribution in [0.5, 0.6) is 17.2 Å². The van der Waals surface area contributed by atoms with E-state index in [2.05, 4.69) is 4.74 Å². The molecule has 0 aromatic heterocycles. The zero-order chi connectivity index (χ0) is 21.5. The zero-order valence-electron chi connectivity index (χ0n) is 16.0. The van der Waals surface area contributed by atoms with E-state index in [1.807, 2.05) is 6.07 Å². The van der Waals surface area contributed by atoms with Crippen LogP contribution in [-0.2, 0) is 0 Å². The van der Waals surface area contributed by atoms with Crippen LogP contribution in [0.25, 0.3) is 16.8 Å². The maximum atomic E-state index is 13.0. The number of ether oxygens (including phenoxy) is 3. The molecule has 152 valence electrons. The molecule has 0 unspecified atom stereocenters. The fourth-order valence-electron chi connectivity index (χ4n) is 2.93. The second-order valence-corrected chi connectivity index (χ2v) is 6.10. The molecule has 7 heteroatoms. The number of halogens is 2. The number of nitrogens with zero attached hydrogens (tertiary/aromatic N) is 1. The predicted octanol–water partition coefficient (Wildman–Crippen LogP) is 5.25. The predicted molar refractivity (Wildman–Crippen MR) is 108 cm³/mol. The number of rotatable bonds is 8. The lowest BCUT2D eigenvalue weighted by molar-refractivity contribution is -0.0490. The molecule has 0 heterocycles. The molecule has 3 rings (SSSR count). The van der Waals surface area contributed by atoms with E-state index in [-0.39, 0.29) is 17.9 Å². The number of alkyl halides is 2. The Morgan fingerprint density at radius 1 is 1.13 bits per heavy atom. The van der Waals surface area contributed by atoms with Gasteiger partial charge in [-0.15, -0.1) is 0 Å². The molecule has 0 amide bonds. The van der Waals surface area contributed by atoms with Gasteiger partial charge in [0.25, 0.3) is 0 Å². The number of methoxy groups -OCH3 is 1. The van der Waals surface area contributed by atoms with Crippen molar-refractivity contribution in [2.75, 3.05) is 13.7 Å². The molecule has 0 aliphatic heterocycles. The van der Waals surface area contributed by atoms with Crippen LogP contribution in [0.2, 0.25) is 0 Å². The zero-order valence-corrected chi connectivity index (χ0v) is 16.0. The standard InChI is InChI=1S/C23H17F2NO4/c1-28-21-14-15(7-11-20(21)29-13-12-26)6-10-19(27)18-9-8-16-4-2-3-5-17(16)22(18)30-23(24)25/h2-11,14,23H,13H2,1H3/b10-6+. The lowest BCUT2D eigenvalue weighted by atomic mass is 10.0. The minimum Gasteiger partial charge on any atom is -0.493 e. The summed E-state index contributed by atoms with van der Waals surface area (Å²) >= 11 is 0. The Kier molecular flexibility index (Phi) is 6.60. The molecular formula is C23H17F2NO4. The number of allylic oxidation sites excluding steroid dienone is 1. The monoisotopic (exact) mass is 409 g/mol. The van der Waals surface area contributed by atoms with E-state index in [0.717, 1.165) is 0 Å². The number of fused-ring (bicyclic) bond motifs is 1. The topological polar surface area (TPSA) is 68.6 Å².